The van der Waals surface area contributed by atoms with E-state index in [9.17, 15) is 0 Å². The highest BCUT2D eigenvalue weighted by Crippen LogP contribution is 2.20. The van der Waals surface area contributed by atoms with Gasteiger partial charge in [-0.3, -0.25) is 4.98 Å². The molecule has 2 heteroatoms. The van der Waals surface area contributed by atoms with Crippen molar-refractivity contribution in [2.24, 2.45) is 0 Å². The first-order valence-electron chi connectivity index (χ1n) is 4.69. The van der Waals surface area contributed by atoms with Gasteiger partial charge in [-0.1, -0.05) is 41.9 Å². The molecule has 0 unspecified atom stereocenters. The van der Waals surface area contributed by atoms with Gasteiger partial charge >= 0.3 is 0 Å². The molecule has 0 N–H and O–H groups in total. The second kappa shape index (κ2) is 4.76. The Morgan fingerprint density at radius 2 is 1.67 bits per heavy atom. The highest BCUT2D eigenvalue weighted by atomic mass is 35.5. The number of hydrogen-bond acceptors (Lipinski definition) is 1. The molecule has 1 heterocycles. The largest absolute Gasteiger partial charge is 0.265 e. The molecule has 0 saturated carbocycles. The second-order valence-electron chi connectivity index (χ2n) is 3.14. The predicted octanol–water partition coefficient (Wildman–Crippen LogP) is 3.82. The minimum absolute atomic E-state index is 0.726. The van der Waals surface area contributed by atoms with Crippen molar-refractivity contribution < 1.29 is 0 Å². The molecule has 0 radical (unpaired) electrons. The van der Waals surface area contributed by atoms with Crippen molar-refractivity contribution in [1.29, 1.82) is 0 Å². The van der Waals surface area contributed by atoms with E-state index in [1.165, 1.54) is 0 Å². The maximum absolute atomic E-state index is 6.17. The van der Waals surface area contributed by atoms with Gasteiger partial charge in [-0.15, -0.1) is 0 Å². The standard InChI is InChI=1S/C13H10ClN/c14-13(12-6-8-15-9-7-12)10-11-4-2-1-3-5-11/h1-10H/b13-10-. The Labute approximate surface area is 94.1 Å². The van der Waals surface area contributed by atoms with Gasteiger partial charge in [-0.05, 0) is 29.3 Å². The fraction of sp³-hybridized carbons (Fsp3) is 0. The average Bonchev–Trinajstić information content (AvgIpc) is 2.31. The lowest BCUT2D eigenvalue weighted by Gasteiger charge is -1.98. The Kier molecular flexibility index (Phi) is 3.15. The summed E-state index contributed by atoms with van der Waals surface area (Å²) in [4.78, 5) is 3.95. The first kappa shape index (κ1) is 9.94. The summed E-state index contributed by atoms with van der Waals surface area (Å²) >= 11 is 6.17. The molecule has 2 aromatic rings. The molecule has 2 rings (SSSR count). The van der Waals surface area contributed by atoms with Crippen LogP contribution < -0.4 is 0 Å². The zero-order chi connectivity index (χ0) is 10.5. The normalized spacial score (nSPS) is 11.4. The third kappa shape index (κ3) is 2.67. The topological polar surface area (TPSA) is 12.9 Å². The predicted molar refractivity (Wildman–Crippen MR) is 64.4 cm³/mol. The molecule has 1 aromatic heterocycles. The van der Waals surface area contributed by atoms with E-state index in [4.69, 9.17) is 11.6 Å². The van der Waals surface area contributed by atoms with Gasteiger partial charge in [0.2, 0.25) is 0 Å². The number of halogens is 1. The number of hydrogen-bond donors (Lipinski definition) is 0. The van der Waals surface area contributed by atoms with E-state index >= 15 is 0 Å². The number of pyridine rings is 1. The van der Waals surface area contributed by atoms with Crippen LogP contribution in [0.4, 0.5) is 0 Å². The van der Waals surface area contributed by atoms with Crippen LogP contribution in [-0.2, 0) is 0 Å². The number of aromatic nitrogens is 1. The minimum Gasteiger partial charge on any atom is -0.265 e. The molecule has 0 aliphatic heterocycles. The zero-order valence-corrected chi connectivity index (χ0v) is 8.85. The Balaban J connectivity index is 2.29. The summed E-state index contributed by atoms with van der Waals surface area (Å²) in [6.45, 7) is 0. The van der Waals surface area contributed by atoms with Gasteiger partial charge in [-0.2, -0.15) is 0 Å². The molecule has 74 valence electrons. The third-order valence-corrected chi connectivity index (χ3v) is 2.38. The van der Waals surface area contributed by atoms with Crippen LogP contribution in [0.5, 0.6) is 0 Å². The number of benzene rings is 1. The van der Waals surface area contributed by atoms with Crippen LogP contribution in [0.3, 0.4) is 0 Å². The Bertz CT molecular complexity index is 448. The first-order valence-corrected chi connectivity index (χ1v) is 5.07. The highest BCUT2D eigenvalue weighted by molar-refractivity contribution is 6.51. The summed E-state index contributed by atoms with van der Waals surface area (Å²) < 4.78 is 0. The van der Waals surface area contributed by atoms with Gasteiger partial charge in [0.1, 0.15) is 0 Å². The molecule has 0 bridgehead atoms. The summed E-state index contributed by atoms with van der Waals surface area (Å²) in [5.41, 5.74) is 2.08. The minimum atomic E-state index is 0.726. The van der Waals surface area contributed by atoms with E-state index in [2.05, 4.69) is 4.98 Å². The number of nitrogens with zero attached hydrogens (tertiary/aromatic N) is 1. The quantitative estimate of drug-likeness (QED) is 0.742. The van der Waals surface area contributed by atoms with Crippen LogP contribution in [-0.4, -0.2) is 4.98 Å². The first-order chi connectivity index (χ1) is 7.36. The molecule has 0 atom stereocenters. The van der Waals surface area contributed by atoms with Crippen molar-refractivity contribution in [2.75, 3.05) is 0 Å². The van der Waals surface area contributed by atoms with Crippen molar-refractivity contribution in [3.05, 3.63) is 66.0 Å². The molecule has 15 heavy (non-hydrogen) atoms. The van der Waals surface area contributed by atoms with Crippen molar-refractivity contribution in [2.45, 2.75) is 0 Å². The van der Waals surface area contributed by atoms with Crippen LogP contribution in [0.25, 0.3) is 11.1 Å². The Morgan fingerprint density at radius 1 is 1.00 bits per heavy atom. The van der Waals surface area contributed by atoms with Crippen LogP contribution in [0.1, 0.15) is 11.1 Å². The van der Waals surface area contributed by atoms with E-state index in [1.807, 2.05) is 48.5 Å². The van der Waals surface area contributed by atoms with Crippen LogP contribution in [0.2, 0.25) is 0 Å². The summed E-state index contributed by atoms with van der Waals surface area (Å²) in [5, 5.41) is 0.726. The zero-order valence-electron chi connectivity index (χ0n) is 8.10. The third-order valence-electron chi connectivity index (χ3n) is 2.05. The molecule has 0 aliphatic rings. The average molecular weight is 216 g/mol. The van der Waals surface area contributed by atoms with Crippen molar-refractivity contribution >= 4 is 22.7 Å². The SMILES string of the molecule is Cl/C(=C\c1ccccc1)c1ccncc1. The van der Waals surface area contributed by atoms with E-state index < -0.39 is 0 Å². The van der Waals surface area contributed by atoms with Gasteiger partial charge in [0, 0.05) is 17.4 Å². The highest BCUT2D eigenvalue weighted by Gasteiger charge is 1.96. The fourth-order valence-electron chi connectivity index (χ4n) is 1.29. The van der Waals surface area contributed by atoms with Gasteiger partial charge < -0.3 is 0 Å². The van der Waals surface area contributed by atoms with E-state index in [0.717, 1.165) is 16.2 Å². The maximum Gasteiger partial charge on any atom is 0.0485 e. The molecule has 0 spiro atoms. The molecular formula is C13H10ClN. The summed E-state index contributed by atoms with van der Waals surface area (Å²) in [6, 6.07) is 13.8. The number of rotatable bonds is 2. The van der Waals surface area contributed by atoms with Gasteiger partial charge in [0.05, 0.1) is 0 Å². The van der Waals surface area contributed by atoms with Gasteiger partial charge in [0.15, 0.2) is 0 Å². The monoisotopic (exact) mass is 215 g/mol. The van der Waals surface area contributed by atoms with Crippen LogP contribution in [0, 0.1) is 0 Å². The Morgan fingerprint density at radius 3 is 2.33 bits per heavy atom. The molecule has 0 amide bonds. The Hall–Kier alpha value is -1.60. The summed E-state index contributed by atoms with van der Waals surface area (Å²) in [6.07, 6.45) is 5.41. The molecular weight excluding hydrogens is 206 g/mol. The molecule has 0 saturated heterocycles. The molecule has 1 aromatic carbocycles. The second-order valence-corrected chi connectivity index (χ2v) is 3.55. The van der Waals surface area contributed by atoms with Crippen LogP contribution in [0.15, 0.2) is 54.9 Å². The summed E-state index contributed by atoms with van der Waals surface area (Å²) in [5.74, 6) is 0. The van der Waals surface area contributed by atoms with Gasteiger partial charge in [-0.25, -0.2) is 0 Å². The van der Waals surface area contributed by atoms with Crippen LogP contribution >= 0.6 is 11.6 Å². The van der Waals surface area contributed by atoms with Gasteiger partial charge in [0.25, 0.3) is 0 Å². The lowest BCUT2D eigenvalue weighted by Crippen LogP contribution is -1.78. The van der Waals surface area contributed by atoms with E-state index in [-0.39, 0.29) is 0 Å². The lowest BCUT2D eigenvalue weighted by molar-refractivity contribution is 1.32. The van der Waals surface area contributed by atoms with Crippen molar-refractivity contribution in [1.82, 2.24) is 4.98 Å². The summed E-state index contributed by atoms with van der Waals surface area (Å²) in [7, 11) is 0. The van der Waals surface area contributed by atoms with Crippen molar-refractivity contribution in [3.8, 4) is 0 Å². The molecule has 0 aliphatic carbocycles. The maximum atomic E-state index is 6.17. The lowest BCUT2D eigenvalue weighted by atomic mass is 10.1. The smallest absolute Gasteiger partial charge is 0.0485 e. The molecule has 1 nitrogen and oxygen atoms in total. The van der Waals surface area contributed by atoms with Crippen molar-refractivity contribution in [3.63, 3.8) is 0 Å². The fourth-order valence-corrected chi connectivity index (χ4v) is 1.54. The van der Waals surface area contributed by atoms with E-state index in [1.54, 1.807) is 12.4 Å². The van der Waals surface area contributed by atoms with E-state index in [0.29, 0.717) is 0 Å². The molecule has 0 fully saturated rings.